The van der Waals surface area contributed by atoms with Gasteiger partial charge >= 0.3 is 0 Å². The number of ether oxygens (including phenoxy) is 1. The zero-order valence-electron chi connectivity index (χ0n) is 16.0. The van der Waals surface area contributed by atoms with E-state index in [0.717, 1.165) is 10.2 Å². The zero-order chi connectivity index (χ0) is 21.3. The molecular formula is C19H19ClN4O4S2. The number of carbonyl (C=O) groups excluding carboxylic acids is 1. The van der Waals surface area contributed by atoms with E-state index in [0.29, 0.717) is 18.0 Å². The Morgan fingerprint density at radius 3 is 2.67 bits per heavy atom. The van der Waals surface area contributed by atoms with Crippen molar-refractivity contribution in [3.05, 3.63) is 57.9 Å². The summed E-state index contributed by atoms with van der Waals surface area (Å²) < 4.78 is 35.2. The second kappa shape index (κ2) is 8.48. The number of amides is 1. The molecule has 2 heterocycles. The molecule has 1 aliphatic rings. The lowest BCUT2D eigenvalue weighted by Crippen LogP contribution is -2.40. The van der Waals surface area contributed by atoms with Gasteiger partial charge in [-0.05, 0) is 30.3 Å². The largest absolute Gasteiger partial charge is 0.379 e. The molecule has 1 amide bonds. The lowest BCUT2D eigenvalue weighted by Gasteiger charge is -2.26. The molecule has 3 aromatic rings. The minimum atomic E-state index is -3.74. The molecule has 1 saturated heterocycles. The van der Waals surface area contributed by atoms with E-state index in [9.17, 15) is 13.2 Å². The Balaban J connectivity index is 1.62. The van der Waals surface area contributed by atoms with E-state index >= 15 is 0 Å². The molecular weight excluding hydrogens is 448 g/mol. The summed E-state index contributed by atoms with van der Waals surface area (Å²) in [4.78, 5) is 13.3. The molecule has 1 aliphatic heterocycles. The van der Waals surface area contributed by atoms with Gasteiger partial charge in [-0.25, -0.2) is 13.8 Å². The fourth-order valence-electron chi connectivity index (χ4n) is 3.12. The summed E-state index contributed by atoms with van der Waals surface area (Å²) >= 11 is 7.60. The number of benzene rings is 2. The number of halogens is 1. The maximum absolute atomic E-state index is 12.9. The van der Waals surface area contributed by atoms with Crippen molar-refractivity contribution >= 4 is 49.1 Å². The topological polar surface area (TPSA) is 93.0 Å². The molecule has 2 aromatic carbocycles. The molecule has 0 spiro atoms. The number of thiazole rings is 1. The van der Waals surface area contributed by atoms with Gasteiger partial charge < -0.3 is 9.30 Å². The minimum absolute atomic E-state index is 0.00590. The fraction of sp³-hybridized carbons (Fsp3) is 0.263. The summed E-state index contributed by atoms with van der Waals surface area (Å²) in [6, 6.07) is 11.9. The van der Waals surface area contributed by atoms with Gasteiger partial charge in [-0.3, -0.25) is 4.79 Å². The van der Waals surface area contributed by atoms with E-state index in [-0.39, 0.29) is 28.6 Å². The summed E-state index contributed by atoms with van der Waals surface area (Å²) in [5.74, 6) is -0.587. The molecule has 0 saturated carbocycles. The second-order valence-corrected chi connectivity index (χ2v) is 9.98. The summed E-state index contributed by atoms with van der Waals surface area (Å²) in [5.41, 5.74) is 3.51. The number of para-hydroxylation sites is 1. The van der Waals surface area contributed by atoms with Gasteiger partial charge in [0.25, 0.3) is 5.91 Å². The molecule has 0 bridgehead atoms. The van der Waals surface area contributed by atoms with Crippen molar-refractivity contribution in [3.8, 4) is 0 Å². The van der Waals surface area contributed by atoms with E-state index in [1.54, 1.807) is 0 Å². The highest BCUT2D eigenvalue weighted by atomic mass is 35.5. The number of nitrogens with one attached hydrogen (secondary N) is 1. The first-order valence-corrected chi connectivity index (χ1v) is 11.8. The van der Waals surface area contributed by atoms with E-state index in [2.05, 4.69) is 10.5 Å². The Morgan fingerprint density at radius 1 is 1.20 bits per heavy atom. The lowest BCUT2D eigenvalue weighted by atomic mass is 10.2. The average molecular weight is 467 g/mol. The lowest BCUT2D eigenvalue weighted by molar-refractivity contribution is 0.0730. The third-order valence-corrected chi connectivity index (χ3v) is 8.10. The summed E-state index contributed by atoms with van der Waals surface area (Å²) in [5, 5.41) is 4.33. The van der Waals surface area contributed by atoms with E-state index in [1.165, 1.54) is 33.8 Å². The Morgan fingerprint density at radius 2 is 1.93 bits per heavy atom. The normalized spacial score (nSPS) is 16.1. The van der Waals surface area contributed by atoms with Gasteiger partial charge in [0.15, 0.2) is 0 Å². The highest BCUT2D eigenvalue weighted by Crippen LogP contribution is 2.23. The summed E-state index contributed by atoms with van der Waals surface area (Å²) in [6.45, 7) is 1.21. The molecule has 1 aromatic heterocycles. The minimum Gasteiger partial charge on any atom is -0.379 e. The second-order valence-electron chi connectivity index (χ2n) is 6.62. The Hall–Kier alpha value is -2.24. The van der Waals surface area contributed by atoms with Crippen LogP contribution in [0.2, 0.25) is 5.02 Å². The van der Waals surface area contributed by atoms with Crippen LogP contribution in [0.5, 0.6) is 0 Å². The molecule has 0 aliphatic carbocycles. The number of nitrogens with zero attached hydrogens (tertiary/aromatic N) is 3. The number of morpholine rings is 1. The van der Waals surface area contributed by atoms with Crippen LogP contribution in [0.1, 0.15) is 10.4 Å². The number of sulfonamides is 1. The third-order valence-electron chi connectivity index (χ3n) is 4.76. The van der Waals surface area contributed by atoms with Crippen molar-refractivity contribution < 1.29 is 17.9 Å². The van der Waals surface area contributed by atoms with Crippen LogP contribution in [0.3, 0.4) is 0 Å². The monoisotopic (exact) mass is 466 g/mol. The van der Waals surface area contributed by atoms with E-state index in [1.807, 2.05) is 35.9 Å². The number of carbonyl (C=O) groups is 1. The third kappa shape index (κ3) is 4.01. The first-order valence-electron chi connectivity index (χ1n) is 9.14. The van der Waals surface area contributed by atoms with Gasteiger partial charge in [0.1, 0.15) is 0 Å². The van der Waals surface area contributed by atoms with Gasteiger partial charge in [0.05, 0.1) is 38.9 Å². The van der Waals surface area contributed by atoms with Crippen molar-refractivity contribution in [1.29, 1.82) is 0 Å². The predicted octanol–water partition coefficient (Wildman–Crippen LogP) is 2.16. The van der Waals surface area contributed by atoms with Crippen molar-refractivity contribution in [2.24, 2.45) is 12.1 Å². The maximum atomic E-state index is 12.9. The molecule has 11 heteroatoms. The van der Waals surface area contributed by atoms with Gasteiger partial charge in [-0.2, -0.15) is 4.31 Å². The average Bonchev–Trinajstić information content (AvgIpc) is 3.08. The predicted molar refractivity (Wildman–Crippen MR) is 115 cm³/mol. The van der Waals surface area contributed by atoms with Crippen LogP contribution in [-0.4, -0.2) is 49.5 Å². The molecule has 0 radical (unpaired) electrons. The zero-order valence-corrected chi connectivity index (χ0v) is 18.4. The first kappa shape index (κ1) is 21.0. The number of hydrogen-bond donors (Lipinski definition) is 1. The number of fused-ring (bicyclic) bond motifs is 1. The molecule has 1 fully saturated rings. The Bertz CT molecular complexity index is 1280. The molecule has 4 rings (SSSR count). The van der Waals surface area contributed by atoms with Crippen molar-refractivity contribution in [2.75, 3.05) is 26.3 Å². The number of aryl methyl sites for hydroxylation is 1. The van der Waals surface area contributed by atoms with Gasteiger partial charge in [-0.15, -0.1) is 5.10 Å². The number of hydrogen-bond acceptors (Lipinski definition) is 6. The van der Waals surface area contributed by atoms with Crippen LogP contribution in [-0.2, 0) is 21.8 Å². The quantitative estimate of drug-likeness (QED) is 0.596. The Labute approximate surface area is 182 Å². The van der Waals surface area contributed by atoms with Gasteiger partial charge in [-0.1, -0.05) is 35.1 Å². The molecule has 30 heavy (non-hydrogen) atoms. The molecule has 0 atom stereocenters. The van der Waals surface area contributed by atoms with Crippen LogP contribution >= 0.6 is 22.9 Å². The van der Waals surface area contributed by atoms with Crippen LogP contribution in [0.25, 0.3) is 10.2 Å². The molecule has 0 unspecified atom stereocenters. The summed E-state index contributed by atoms with van der Waals surface area (Å²) in [7, 11) is -1.89. The van der Waals surface area contributed by atoms with Crippen LogP contribution in [0.15, 0.2) is 52.5 Å². The number of aromatic nitrogens is 1. The van der Waals surface area contributed by atoms with Gasteiger partial charge in [0, 0.05) is 20.1 Å². The van der Waals surface area contributed by atoms with Gasteiger partial charge in [0.2, 0.25) is 14.8 Å². The van der Waals surface area contributed by atoms with Crippen molar-refractivity contribution in [2.45, 2.75) is 4.90 Å². The van der Waals surface area contributed by atoms with E-state index in [4.69, 9.17) is 16.3 Å². The van der Waals surface area contributed by atoms with Crippen molar-refractivity contribution in [3.63, 3.8) is 0 Å². The highest BCUT2D eigenvalue weighted by molar-refractivity contribution is 7.89. The number of rotatable bonds is 4. The van der Waals surface area contributed by atoms with E-state index < -0.39 is 15.9 Å². The standard InChI is InChI=1S/C19H19ClN4O4S2/c1-23-16-4-2-3-5-17(16)29-19(23)22-21-18(25)14-12-13(6-7-15(14)20)30(26,27)24-8-10-28-11-9-24/h2-7,12H,8-11H2,1H3,(H,21,25)/b22-19-. The molecule has 1 N–H and O–H groups in total. The SMILES string of the molecule is Cn1/c(=N/NC(=O)c2cc(S(=O)(=O)N3CCOCC3)ccc2Cl)sc2ccccc21. The molecule has 158 valence electrons. The Kier molecular flexibility index (Phi) is 5.94. The van der Waals surface area contributed by atoms with Crippen LogP contribution in [0, 0.1) is 0 Å². The fourth-order valence-corrected chi connectivity index (χ4v) is 5.74. The maximum Gasteiger partial charge on any atom is 0.273 e. The molecule has 8 nitrogen and oxygen atoms in total. The first-order chi connectivity index (χ1) is 14.4. The smallest absolute Gasteiger partial charge is 0.273 e. The van der Waals surface area contributed by atoms with Crippen LogP contribution in [0.4, 0.5) is 0 Å². The van der Waals surface area contributed by atoms with Crippen LogP contribution < -0.4 is 10.2 Å². The van der Waals surface area contributed by atoms with Crippen molar-refractivity contribution in [1.82, 2.24) is 14.3 Å². The summed E-state index contributed by atoms with van der Waals surface area (Å²) in [6.07, 6.45) is 0. The highest BCUT2D eigenvalue weighted by Gasteiger charge is 2.27.